The first kappa shape index (κ1) is 19.1. The molecule has 1 fully saturated rings. The molecule has 1 saturated heterocycles. The molecule has 3 atom stereocenters. The van der Waals surface area contributed by atoms with Crippen molar-refractivity contribution < 1.29 is 24.1 Å². The number of allylic oxidation sites excluding steroid dienone is 1. The Labute approximate surface area is 153 Å². The smallest absolute Gasteiger partial charge is 0.308 e. The van der Waals surface area contributed by atoms with E-state index in [-0.39, 0.29) is 29.7 Å². The van der Waals surface area contributed by atoms with E-state index in [1.807, 2.05) is 0 Å². The molecular formula is C21H27FO4. The predicted molar refractivity (Wildman–Crippen MR) is 96.7 cm³/mol. The minimum Gasteiger partial charge on any atom is -0.462 e. The summed E-state index contributed by atoms with van der Waals surface area (Å²) in [6.45, 7) is 4.21. The van der Waals surface area contributed by atoms with Crippen LogP contribution in [0.2, 0.25) is 0 Å². The van der Waals surface area contributed by atoms with E-state index in [9.17, 15) is 19.4 Å². The Morgan fingerprint density at radius 3 is 2.50 bits per heavy atom. The predicted octanol–water partition coefficient (Wildman–Crippen LogP) is 3.61. The Hall–Kier alpha value is -1.72. The molecule has 0 bridgehead atoms. The zero-order chi connectivity index (χ0) is 18.9. The maximum absolute atomic E-state index is 13.3. The Bertz CT molecular complexity index is 692. The molecule has 2 N–H and O–H groups in total. The van der Waals surface area contributed by atoms with E-state index >= 15 is 0 Å². The van der Waals surface area contributed by atoms with Gasteiger partial charge in [-0.2, -0.15) is 0 Å². The van der Waals surface area contributed by atoms with Crippen LogP contribution >= 0.6 is 0 Å². The van der Waals surface area contributed by atoms with Gasteiger partial charge in [0.2, 0.25) is 0 Å². The van der Waals surface area contributed by atoms with Gasteiger partial charge in [0.1, 0.15) is 11.9 Å². The molecule has 4 nitrogen and oxygen atoms in total. The highest BCUT2D eigenvalue weighted by atomic mass is 19.1. The van der Waals surface area contributed by atoms with Crippen molar-refractivity contribution in [3.63, 3.8) is 0 Å². The molecule has 0 aromatic heterocycles. The molecule has 26 heavy (non-hydrogen) atoms. The number of aliphatic hydroxyl groups is 2. The zero-order valence-electron chi connectivity index (χ0n) is 15.4. The van der Waals surface area contributed by atoms with Gasteiger partial charge < -0.3 is 14.9 Å². The number of carbonyl (C=O) groups excluding carboxylic acids is 1. The monoisotopic (exact) mass is 362 g/mol. The first-order chi connectivity index (χ1) is 12.2. The first-order valence-corrected chi connectivity index (χ1v) is 9.28. The van der Waals surface area contributed by atoms with Crippen LogP contribution in [0.3, 0.4) is 0 Å². The van der Waals surface area contributed by atoms with Crippen molar-refractivity contribution >= 4 is 11.5 Å². The number of rotatable bonds is 4. The van der Waals surface area contributed by atoms with Gasteiger partial charge in [-0.05, 0) is 54.4 Å². The van der Waals surface area contributed by atoms with E-state index in [0.717, 1.165) is 17.6 Å². The summed E-state index contributed by atoms with van der Waals surface area (Å²) in [4.78, 5) is 11.6. The molecule has 3 rings (SSSR count). The van der Waals surface area contributed by atoms with Gasteiger partial charge in [0.15, 0.2) is 0 Å². The quantitative estimate of drug-likeness (QED) is 0.803. The molecule has 142 valence electrons. The van der Waals surface area contributed by atoms with E-state index in [4.69, 9.17) is 4.74 Å². The molecule has 1 heterocycles. The first-order valence-electron chi connectivity index (χ1n) is 9.28. The van der Waals surface area contributed by atoms with Crippen LogP contribution in [0, 0.1) is 11.2 Å². The lowest BCUT2D eigenvalue weighted by Gasteiger charge is -2.39. The number of hydrogen-bond acceptors (Lipinski definition) is 4. The third kappa shape index (κ3) is 4.33. The molecule has 5 heteroatoms. The van der Waals surface area contributed by atoms with Crippen LogP contribution in [0.4, 0.5) is 4.39 Å². The topological polar surface area (TPSA) is 66.8 Å². The summed E-state index contributed by atoms with van der Waals surface area (Å²) >= 11 is 0. The van der Waals surface area contributed by atoms with Crippen LogP contribution in [0.1, 0.15) is 57.9 Å². The molecule has 1 aromatic rings. The van der Waals surface area contributed by atoms with E-state index in [1.54, 1.807) is 12.1 Å². The second-order valence-electron chi connectivity index (χ2n) is 8.15. The van der Waals surface area contributed by atoms with Crippen molar-refractivity contribution in [3.8, 4) is 0 Å². The maximum Gasteiger partial charge on any atom is 0.308 e. The summed E-state index contributed by atoms with van der Waals surface area (Å²) in [6.07, 6.45) is 1.76. The molecule has 1 aromatic carbocycles. The summed E-state index contributed by atoms with van der Waals surface area (Å²) in [5, 5.41) is 20.1. The van der Waals surface area contributed by atoms with Gasteiger partial charge in [-0.3, -0.25) is 4.79 Å². The van der Waals surface area contributed by atoms with E-state index in [2.05, 4.69) is 13.8 Å². The second kappa shape index (κ2) is 7.49. The third-order valence-corrected chi connectivity index (χ3v) is 5.51. The number of benzene rings is 1. The summed E-state index contributed by atoms with van der Waals surface area (Å²) in [5.41, 5.74) is 2.99. The summed E-state index contributed by atoms with van der Waals surface area (Å²) < 4.78 is 18.7. The minimum atomic E-state index is -0.631. The number of hydrogen-bond donors (Lipinski definition) is 2. The average Bonchev–Trinajstić information content (AvgIpc) is 2.52. The SMILES string of the molecule is CC1(C)CC(O)CC(c2ccc(F)cc2)=C1CC[C@H]1C[C@H](O)CC(=O)O1. The van der Waals surface area contributed by atoms with E-state index in [0.29, 0.717) is 25.7 Å². The maximum atomic E-state index is 13.3. The molecule has 1 aliphatic carbocycles. The molecule has 0 amide bonds. The zero-order valence-corrected chi connectivity index (χ0v) is 15.4. The van der Waals surface area contributed by atoms with Crippen molar-refractivity contribution in [3.05, 3.63) is 41.2 Å². The molecule has 0 spiro atoms. The van der Waals surface area contributed by atoms with Gasteiger partial charge in [-0.1, -0.05) is 31.6 Å². The number of aliphatic hydroxyl groups excluding tert-OH is 2. The van der Waals surface area contributed by atoms with Crippen LogP contribution in [0.25, 0.3) is 5.57 Å². The van der Waals surface area contributed by atoms with Gasteiger partial charge in [0.05, 0.1) is 18.6 Å². The van der Waals surface area contributed by atoms with Crippen LogP contribution in [0.5, 0.6) is 0 Å². The molecular weight excluding hydrogens is 335 g/mol. The number of esters is 1. The number of ether oxygens (including phenoxy) is 1. The Balaban J connectivity index is 1.86. The fraction of sp³-hybridized carbons (Fsp3) is 0.571. The van der Waals surface area contributed by atoms with Gasteiger partial charge in [-0.25, -0.2) is 4.39 Å². The Morgan fingerprint density at radius 1 is 1.15 bits per heavy atom. The molecule has 1 aliphatic heterocycles. The summed E-state index contributed by atoms with van der Waals surface area (Å²) in [5.74, 6) is -0.630. The van der Waals surface area contributed by atoms with E-state index < -0.39 is 12.2 Å². The number of halogens is 1. The van der Waals surface area contributed by atoms with Crippen LogP contribution in [-0.4, -0.2) is 34.5 Å². The third-order valence-electron chi connectivity index (χ3n) is 5.51. The van der Waals surface area contributed by atoms with Crippen molar-refractivity contribution in [1.82, 2.24) is 0 Å². The highest BCUT2D eigenvalue weighted by molar-refractivity contribution is 5.72. The second-order valence-corrected chi connectivity index (χ2v) is 8.15. The van der Waals surface area contributed by atoms with Gasteiger partial charge in [0.25, 0.3) is 0 Å². The molecule has 0 radical (unpaired) electrons. The average molecular weight is 362 g/mol. The standard InChI is InChI=1S/C21H27FO4/c1-21(2)12-16(24)10-18(13-3-5-14(22)6-4-13)19(21)8-7-17-9-15(23)11-20(25)26-17/h3-6,15-17,23-24H,7-12H2,1-2H3/t15-,16?,17-/m0/s1. The molecule has 0 saturated carbocycles. The lowest BCUT2D eigenvalue weighted by Crippen LogP contribution is -2.34. The minimum absolute atomic E-state index is 0.0672. The highest BCUT2D eigenvalue weighted by Crippen LogP contribution is 2.46. The van der Waals surface area contributed by atoms with Crippen molar-refractivity contribution in [1.29, 1.82) is 0 Å². The summed E-state index contributed by atoms with van der Waals surface area (Å²) in [6, 6.07) is 6.38. The van der Waals surface area contributed by atoms with Crippen molar-refractivity contribution in [2.75, 3.05) is 0 Å². The molecule has 2 aliphatic rings. The van der Waals surface area contributed by atoms with Crippen molar-refractivity contribution in [2.45, 2.75) is 70.7 Å². The van der Waals surface area contributed by atoms with Gasteiger partial charge in [0, 0.05) is 6.42 Å². The Kier molecular flexibility index (Phi) is 5.49. The van der Waals surface area contributed by atoms with E-state index in [1.165, 1.54) is 17.7 Å². The van der Waals surface area contributed by atoms with Gasteiger partial charge in [-0.15, -0.1) is 0 Å². The molecule has 1 unspecified atom stereocenters. The van der Waals surface area contributed by atoms with Gasteiger partial charge >= 0.3 is 5.97 Å². The van der Waals surface area contributed by atoms with Crippen molar-refractivity contribution in [2.24, 2.45) is 5.41 Å². The van der Waals surface area contributed by atoms with Crippen LogP contribution < -0.4 is 0 Å². The number of cyclic esters (lactones) is 1. The highest BCUT2D eigenvalue weighted by Gasteiger charge is 2.35. The fourth-order valence-electron chi connectivity index (χ4n) is 4.33. The Morgan fingerprint density at radius 2 is 1.85 bits per heavy atom. The largest absolute Gasteiger partial charge is 0.462 e. The lowest BCUT2D eigenvalue weighted by atomic mass is 9.68. The van der Waals surface area contributed by atoms with Crippen LogP contribution in [0.15, 0.2) is 29.8 Å². The fourth-order valence-corrected chi connectivity index (χ4v) is 4.33. The summed E-state index contributed by atoms with van der Waals surface area (Å²) in [7, 11) is 0. The van der Waals surface area contributed by atoms with Crippen LogP contribution in [-0.2, 0) is 9.53 Å². The normalized spacial score (nSPS) is 28.8. The lowest BCUT2D eigenvalue weighted by molar-refractivity contribution is -0.160. The number of carbonyl (C=O) groups is 1.